The van der Waals surface area contributed by atoms with Crippen LogP contribution in [0.15, 0.2) is 36.7 Å². The number of rotatable bonds is 9. The molecule has 1 heterocycles. The number of benzene rings is 2. The topological polar surface area (TPSA) is 65.5 Å². The third-order valence-corrected chi connectivity index (χ3v) is 7.07. The highest BCUT2D eigenvalue weighted by Crippen LogP contribution is 2.37. The molecule has 3 aromatic rings. The highest BCUT2D eigenvalue weighted by atomic mass is 35.5. The zero-order valence-corrected chi connectivity index (χ0v) is 23.3. The van der Waals surface area contributed by atoms with Gasteiger partial charge in [0.1, 0.15) is 12.1 Å². The van der Waals surface area contributed by atoms with Crippen LogP contribution in [0, 0.1) is 11.7 Å². The molecule has 2 aromatic carbocycles. The lowest BCUT2D eigenvalue weighted by Gasteiger charge is -2.27. The first kappa shape index (κ1) is 28.9. The fourth-order valence-corrected chi connectivity index (χ4v) is 4.66. The van der Waals surface area contributed by atoms with E-state index in [9.17, 15) is 4.39 Å². The number of methoxy groups -OCH3 is 2. The molecule has 0 aliphatic heterocycles. The summed E-state index contributed by atoms with van der Waals surface area (Å²) in [6.07, 6.45) is 10.0. The zero-order valence-electron chi connectivity index (χ0n) is 22.5. The Hall–Kier alpha value is -2.64. The van der Waals surface area contributed by atoms with E-state index >= 15 is 0 Å². The first-order valence-corrected chi connectivity index (χ1v) is 13.5. The molecule has 1 saturated carbocycles. The summed E-state index contributed by atoms with van der Waals surface area (Å²) in [5.41, 5.74) is 0.920. The van der Waals surface area contributed by atoms with Crippen LogP contribution in [0.4, 0.5) is 15.9 Å². The maximum Gasteiger partial charge on any atom is 0.165 e. The van der Waals surface area contributed by atoms with Crippen molar-refractivity contribution in [1.82, 2.24) is 9.97 Å². The van der Waals surface area contributed by atoms with Gasteiger partial charge >= 0.3 is 0 Å². The van der Waals surface area contributed by atoms with Crippen molar-refractivity contribution in [3.8, 4) is 11.5 Å². The van der Waals surface area contributed by atoms with Crippen molar-refractivity contribution in [2.45, 2.75) is 77.9 Å². The normalized spacial score (nSPS) is 18.0. The van der Waals surface area contributed by atoms with Gasteiger partial charge in [0.05, 0.1) is 35.5 Å². The van der Waals surface area contributed by atoms with Crippen LogP contribution in [0.25, 0.3) is 10.9 Å². The Morgan fingerprint density at radius 1 is 1.08 bits per heavy atom. The summed E-state index contributed by atoms with van der Waals surface area (Å²) in [7, 11) is 3.39. The van der Waals surface area contributed by atoms with E-state index in [1.54, 1.807) is 26.4 Å². The minimum Gasteiger partial charge on any atom is -0.493 e. The summed E-state index contributed by atoms with van der Waals surface area (Å²) in [5, 5.41) is 3.78. The second kappa shape index (κ2) is 14.3. The van der Waals surface area contributed by atoms with Gasteiger partial charge in [-0.05, 0) is 62.6 Å². The van der Waals surface area contributed by atoms with Crippen molar-refractivity contribution < 1.29 is 18.6 Å². The molecule has 1 N–H and O–H groups in total. The SMILES string of the molecule is CCC[C@H](CC)OC.COc1cc2ncnc(Nc3cccc(Cl)c3F)c2cc1OC1CCC(C)CC1. The van der Waals surface area contributed by atoms with E-state index < -0.39 is 5.82 Å². The maximum absolute atomic E-state index is 14.3. The van der Waals surface area contributed by atoms with Gasteiger partial charge in [-0.1, -0.05) is 44.9 Å². The van der Waals surface area contributed by atoms with E-state index in [0.29, 0.717) is 34.3 Å². The largest absolute Gasteiger partial charge is 0.493 e. The van der Waals surface area contributed by atoms with Gasteiger partial charge in [0.2, 0.25) is 0 Å². The van der Waals surface area contributed by atoms with Gasteiger partial charge < -0.3 is 19.5 Å². The number of anilines is 2. The van der Waals surface area contributed by atoms with Crippen LogP contribution < -0.4 is 14.8 Å². The van der Waals surface area contributed by atoms with Crippen LogP contribution in [0.3, 0.4) is 0 Å². The zero-order chi connectivity index (χ0) is 26.8. The number of hydrogen-bond donors (Lipinski definition) is 1. The van der Waals surface area contributed by atoms with Gasteiger partial charge in [-0.3, -0.25) is 0 Å². The van der Waals surface area contributed by atoms with Crippen LogP contribution in [0.2, 0.25) is 5.02 Å². The van der Waals surface area contributed by atoms with Crippen molar-refractivity contribution in [1.29, 1.82) is 0 Å². The van der Waals surface area contributed by atoms with Crippen molar-refractivity contribution in [2.75, 3.05) is 19.5 Å². The average Bonchev–Trinajstić information content (AvgIpc) is 2.91. The summed E-state index contributed by atoms with van der Waals surface area (Å²) < 4.78 is 31.3. The van der Waals surface area contributed by atoms with Gasteiger partial charge in [-0.2, -0.15) is 0 Å². The number of hydrogen-bond acceptors (Lipinski definition) is 6. The number of ether oxygens (including phenoxy) is 3. The minimum absolute atomic E-state index is 0.0468. The molecule has 6 nitrogen and oxygen atoms in total. The van der Waals surface area contributed by atoms with Crippen LogP contribution >= 0.6 is 11.6 Å². The number of aromatic nitrogens is 2. The summed E-state index contributed by atoms with van der Waals surface area (Å²) in [4.78, 5) is 8.62. The Labute approximate surface area is 224 Å². The van der Waals surface area contributed by atoms with Gasteiger partial charge in [-0.15, -0.1) is 0 Å². The molecule has 1 aliphatic rings. The minimum atomic E-state index is -0.526. The third-order valence-electron chi connectivity index (χ3n) is 6.78. The molecular weight excluding hydrogens is 493 g/mol. The fraction of sp³-hybridized carbons (Fsp3) is 0.517. The van der Waals surface area contributed by atoms with Gasteiger partial charge in [0.15, 0.2) is 17.3 Å². The molecule has 1 aliphatic carbocycles. The molecule has 1 atom stereocenters. The molecule has 0 radical (unpaired) electrons. The van der Waals surface area contributed by atoms with E-state index in [0.717, 1.165) is 38.0 Å². The van der Waals surface area contributed by atoms with Crippen LogP contribution in [-0.2, 0) is 4.74 Å². The lowest BCUT2D eigenvalue weighted by molar-refractivity contribution is 0.0915. The summed E-state index contributed by atoms with van der Waals surface area (Å²) in [5.74, 6) is 1.95. The van der Waals surface area contributed by atoms with Crippen molar-refractivity contribution in [2.24, 2.45) is 5.92 Å². The highest BCUT2D eigenvalue weighted by Gasteiger charge is 2.22. The van der Waals surface area contributed by atoms with E-state index in [4.69, 9.17) is 25.8 Å². The molecule has 1 fully saturated rings. The Balaban J connectivity index is 0.000000414. The van der Waals surface area contributed by atoms with E-state index in [1.165, 1.54) is 25.2 Å². The molecular formula is C29H39ClFN3O3. The highest BCUT2D eigenvalue weighted by molar-refractivity contribution is 6.31. The molecule has 37 heavy (non-hydrogen) atoms. The molecule has 0 bridgehead atoms. The Morgan fingerprint density at radius 2 is 1.84 bits per heavy atom. The number of nitrogens with one attached hydrogen (secondary N) is 1. The number of halogens is 2. The summed E-state index contributed by atoms with van der Waals surface area (Å²) in [6, 6.07) is 8.47. The number of fused-ring (bicyclic) bond motifs is 1. The van der Waals surface area contributed by atoms with Crippen LogP contribution in [0.1, 0.15) is 65.7 Å². The van der Waals surface area contributed by atoms with Crippen LogP contribution in [-0.4, -0.2) is 36.4 Å². The van der Waals surface area contributed by atoms with Crippen LogP contribution in [0.5, 0.6) is 11.5 Å². The van der Waals surface area contributed by atoms with Crippen molar-refractivity contribution >= 4 is 34.0 Å². The van der Waals surface area contributed by atoms with Crippen molar-refractivity contribution in [3.63, 3.8) is 0 Å². The van der Waals surface area contributed by atoms with Crippen molar-refractivity contribution in [3.05, 3.63) is 47.5 Å². The fourth-order valence-electron chi connectivity index (χ4n) is 4.48. The van der Waals surface area contributed by atoms with Gasteiger partial charge in [0, 0.05) is 18.6 Å². The average molecular weight is 532 g/mol. The van der Waals surface area contributed by atoms with Gasteiger partial charge in [-0.25, -0.2) is 14.4 Å². The quantitative estimate of drug-likeness (QED) is 0.299. The second-order valence-electron chi connectivity index (χ2n) is 9.52. The van der Waals surface area contributed by atoms with Gasteiger partial charge in [0.25, 0.3) is 0 Å². The molecule has 4 rings (SSSR count). The standard InChI is InChI=1S/C22H23ClFN3O2.C7H16O/c1-13-6-8-14(9-7-13)29-20-10-15-18(11-19(20)28-2)25-12-26-22(15)27-17-5-3-4-16(23)21(17)24;1-4-6-7(5-2)8-3/h3-5,10-14H,6-9H2,1-2H3,(H,25,26,27);7H,4-6H2,1-3H3/t;7-/m.0/s1. The smallest absolute Gasteiger partial charge is 0.165 e. The first-order chi connectivity index (χ1) is 17.9. The predicted molar refractivity (Wildman–Crippen MR) is 149 cm³/mol. The summed E-state index contributed by atoms with van der Waals surface area (Å²) in [6.45, 7) is 6.61. The third kappa shape index (κ3) is 7.92. The Kier molecular flexibility index (Phi) is 11.2. The Morgan fingerprint density at radius 3 is 2.46 bits per heavy atom. The molecule has 0 amide bonds. The molecule has 0 saturated heterocycles. The van der Waals surface area contributed by atoms with E-state index in [1.807, 2.05) is 12.1 Å². The number of nitrogens with zero attached hydrogens (tertiary/aromatic N) is 2. The molecule has 0 unspecified atom stereocenters. The predicted octanol–water partition coefficient (Wildman–Crippen LogP) is 8.34. The molecule has 8 heteroatoms. The molecule has 1 aromatic heterocycles. The monoisotopic (exact) mass is 531 g/mol. The van der Waals surface area contributed by atoms with E-state index in [2.05, 4.69) is 36.1 Å². The molecule has 202 valence electrons. The lowest BCUT2D eigenvalue weighted by atomic mass is 9.89. The Bertz CT molecular complexity index is 1130. The lowest BCUT2D eigenvalue weighted by Crippen LogP contribution is -2.23. The maximum atomic E-state index is 14.3. The summed E-state index contributed by atoms with van der Waals surface area (Å²) >= 11 is 5.90. The second-order valence-corrected chi connectivity index (χ2v) is 9.93. The van der Waals surface area contributed by atoms with E-state index in [-0.39, 0.29) is 16.8 Å². The first-order valence-electron chi connectivity index (χ1n) is 13.1. The molecule has 0 spiro atoms.